The Kier molecular flexibility index (Phi) is 6.33. The van der Waals surface area contributed by atoms with E-state index in [9.17, 15) is 22.0 Å². The van der Waals surface area contributed by atoms with Gasteiger partial charge in [0.1, 0.15) is 16.5 Å². The molecule has 5 nitrogen and oxygen atoms in total. The fourth-order valence-electron chi connectivity index (χ4n) is 2.37. The van der Waals surface area contributed by atoms with Crippen molar-refractivity contribution >= 4 is 33.2 Å². The second-order valence-corrected chi connectivity index (χ2v) is 7.66. The number of carbonyl (C=O) groups excluding carboxylic acids is 1. The van der Waals surface area contributed by atoms with Gasteiger partial charge in [0.2, 0.25) is 10.0 Å². The zero-order valence-corrected chi connectivity index (χ0v) is 15.7. The minimum absolute atomic E-state index is 0.00620. The van der Waals surface area contributed by atoms with Crippen LogP contribution < -0.4 is 5.32 Å². The van der Waals surface area contributed by atoms with Gasteiger partial charge in [-0.05, 0) is 30.3 Å². The molecular weight excluding hydrogens is 386 g/mol. The molecule has 1 N–H and O–H groups in total. The van der Waals surface area contributed by atoms with E-state index in [0.717, 1.165) is 12.1 Å². The van der Waals surface area contributed by atoms with Crippen LogP contribution in [0.2, 0.25) is 5.02 Å². The Morgan fingerprint density at radius 3 is 2.19 bits per heavy atom. The summed E-state index contributed by atoms with van der Waals surface area (Å²) in [5.74, 6) is -2.57. The van der Waals surface area contributed by atoms with Crippen molar-refractivity contribution in [1.29, 1.82) is 0 Å². The van der Waals surface area contributed by atoms with Gasteiger partial charge < -0.3 is 5.32 Å². The first kappa shape index (κ1) is 20.3. The zero-order valence-electron chi connectivity index (χ0n) is 14.1. The van der Waals surface area contributed by atoms with E-state index < -0.39 is 27.6 Å². The lowest BCUT2D eigenvalue weighted by Gasteiger charge is -2.19. The molecule has 9 heteroatoms. The molecule has 2 aromatic carbocycles. The summed E-state index contributed by atoms with van der Waals surface area (Å²) in [5, 5.41) is 2.42. The van der Waals surface area contributed by atoms with Gasteiger partial charge in [-0.2, -0.15) is 4.31 Å². The minimum atomic E-state index is -3.84. The van der Waals surface area contributed by atoms with E-state index in [4.69, 9.17) is 11.6 Å². The highest BCUT2D eigenvalue weighted by Gasteiger charge is 2.25. The Morgan fingerprint density at radius 2 is 1.65 bits per heavy atom. The van der Waals surface area contributed by atoms with Gasteiger partial charge in [0.05, 0.1) is 5.02 Å². The number of nitrogens with one attached hydrogen (secondary N) is 1. The fourth-order valence-corrected chi connectivity index (χ4v) is 4.33. The van der Waals surface area contributed by atoms with Crippen molar-refractivity contribution in [1.82, 2.24) is 4.31 Å². The maximum absolute atomic E-state index is 13.2. The molecule has 0 unspecified atom stereocenters. The number of nitrogens with zero attached hydrogens (tertiary/aromatic N) is 1. The smallest absolute Gasteiger partial charge is 0.255 e. The van der Waals surface area contributed by atoms with Gasteiger partial charge in [0.15, 0.2) is 0 Å². The van der Waals surface area contributed by atoms with Gasteiger partial charge in [-0.3, -0.25) is 4.79 Å². The third kappa shape index (κ3) is 4.38. The van der Waals surface area contributed by atoms with Gasteiger partial charge in [0, 0.05) is 30.4 Å². The number of carbonyl (C=O) groups is 1. The Bertz CT molecular complexity index is 911. The number of halogens is 3. The lowest BCUT2D eigenvalue weighted by molar-refractivity contribution is 0.102. The number of rotatable bonds is 6. The summed E-state index contributed by atoms with van der Waals surface area (Å²) in [5.41, 5.74) is -0.0969. The molecule has 1 amide bonds. The first-order valence-corrected chi connectivity index (χ1v) is 9.58. The van der Waals surface area contributed by atoms with Gasteiger partial charge in [-0.15, -0.1) is 0 Å². The number of sulfonamides is 1. The van der Waals surface area contributed by atoms with Crippen LogP contribution in [0.3, 0.4) is 0 Å². The second-order valence-electron chi connectivity index (χ2n) is 5.35. The van der Waals surface area contributed by atoms with Crippen LogP contribution in [0.4, 0.5) is 14.5 Å². The predicted octanol–water partition coefficient (Wildman–Crippen LogP) is 3.90. The molecule has 0 saturated carbocycles. The molecule has 0 atom stereocenters. The van der Waals surface area contributed by atoms with Crippen molar-refractivity contribution in [3.8, 4) is 0 Å². The van der Waals surface area contributed by atoms with Crippen molar-refractivity contribution < 1.29 is 22.0 Å². The third-order valence-electron chi connectivity index (χ3n) is 3.64. The minimum Gasteiger partial charge on any atom is -0.322 e. The van der Waals surface area contributed by atoms with E-state index in [2.05, 4.69) is 5.32 Å². The van der Waals surface area contributed by atoms with Crippen LogP contribution in [0.1, 0.15) is 24.2 Å². The van der Waals surface area contributed by atoms with E-state index in [0.29, 0.717) is 6.07 Å². The average molecular weight is 403 g/mol. The number of hydrogen-bond donors (Lipinski definition) is 1. The zero-order chi connectivity index (χ0) is 19.5. The fraction of sp³-hybridized carbons (Fsp3) is 0.235. The normalized spacial score (nSPS) is 11.6. The van der Waals surface area contributed by atoms with Crippen molar-refractivity contribution in [3.05, 3.63) is 58.6 Å². The second kappa shape index (κ2) is 8.11. The maximum atomic E-state index is 13.2. The summed E-state index contributed by atoms with van der Waals surface area (Å²) < 4.78 is 53.0. The van der Waals surface area contributed by atoms with Crippen molar-refractivity contribution in [2.24, 2.45) is 0 Å². The summed E-state index contributed by atoms with van der Waals surface area (Å²) in [6, 6.07) is 6.35. The largest absolute Gasteiger partial charge is 0.322 e. The summed E-state index contributed by atoms with van der Waals surface area (Å²) >= 11 is 6.02. The molecule has 0 aliphatic carbocycles. The van der Waals surface area contributed by atoms with Crippen LogP contribution in [0.5, 0.6) is 0 Å². The van der Waals surface area contributed by atoms with Gasteiger partial charge in [-0.1, -0.05) is 25.4 Å². The molecule has 140 valence electrons. The quantitative estimate of drug-likeness (QED) is 0.796. The summed E-state index contributed by atoms with van der Waals surface area (Å²) in [6.07, 6.45) is 0. The van der Waals surface area contributed by atoms with Crippen LogP contribution in [0.25, 0.3) is 0 Å². The van der Waals surface area contributed by atoms with Gasteiger partial charge >= 0.3 is 0 Å². The molecule has 2 aromatic rings. The van der Waals surface area contributed by atoms with Crippen molar-refractivity contribution in [3.63, 3.8) is 0 Å². The van der Waals surface area contributed by atoms with Crippen LogP contribution in [0, 0.1) is 11.6 Å². The molecular formula is C17H17ClF2N2O3S. The lowest BCUT2D eigenvalue weighted by Crippen LogP contribution is -2.30. The lowest BCUT2D eigenvalue weighted by atomic mass is 10.2. The third-order valence-corrected chi connectivity index (χ3v) is 6.17. The maximum Gasteiger partial charge on any atom is 0.255 e. The first-order chi connectivity index (χ1) is 12.2. The molecule has 0 bridgehead atoms. The van der Waals surface area contributed by atoms with Crippen LogP contribution in [0.15, 0.2) is 41.3 Å². The molecule has 0 heterocycles. The van der Waals surface area contributed by atoms with Crippen LogP contribution in [-0.4, -0.2) is 31.7 Å². The van der Waals surface area contributed by atoms with E-state index in [1.165, 1.54) is 22.5 Å². The molecule has 2 rings (SSSR count). The molecule has 0 fully saturated rings. The first-order valence-electron chi connectivity index (χ1n) is 7.76. The van der Waals surface area contributed by atoms with E-state index in [1.807, 2.05) is 0 Å². The average Bonchev–Trinajstić information content (AvgIpc) is 2.56. The van der Waals surface area contributed by atoms with Crippen LogP contribution >= 0.6 is 11.6 Å². The molecule has 0 radical (unpaired) electrons. The molecule has 0 aliphatic rings. The number of anilines is 1. The standard InChI is InChI=1S/C17H17ClF2N2O3S/c1-3-22(4-2)26(24,25)16-10-14(5-6-15(16)18)21-17(23)11-7-12(19)9-13(20)8-11/h5-10H,3-4H2,1-2H3,(H,21,23). The summed E-state index contributed by atoms with van der Waals surface area (Å²) in [7, 11) is -3.84. The van der Waals surface area contributed by atoms with Crippen molar-refractivity contribution in [2.75, 3.05) is 18.4 Å². The Labute approximate surface area is 155 Å². The SMILES string of the molecule is CCN(CC)S(=O)(=O)c1cc(NC(=O)c2cc(F)cc(F)c2)ccc1Cl. The number of hydrogen-bond acceptors (Lipinski definition) is 3. The molecule has 0 aliphatic heterocycles. The number of benzene rings is 2. The highest BCUT2D eigenvalue weighted by molar-refractivity contribution is 7.89. The van der Waals surface area contributed by atoms with E-state index in [-0.39, 0.29) is 34.3 Å². The molecule has 26 heavy (non-hydrogen) atoms. The molecule has 0 spiro atoms. The van der Waals surface area contributed by atoms with E-state index in [1.54, 1.807) is 13.8 Å². The Balaban J connectivity index is 2.36. The summed E-state index contributed by atoms with van der Waals surface area (Å²) in [6.45, 7) is 3.90. The van der Waals surface area contributed by atoms with E-state index >= 15 is 0 Å². The number of amides is 1. The summed E-state index contributed by atoms with van der Waals surface area (Å²) in [4.78, 5) is 12.0. The highest BCUT2D eigenvalue weighted by atomic mass is 35.5. The highest BCUT2D eigenvalue weighted by Crippen LogP contribution is 2.28. The Hall–Kier alpha value is -2.03. The monoisotopic (exact) mass is 402 g/mol. The molecule has 0 saturated heterocycles. The Morgan fingerprint density at radius 1 is 1.08 bits per heavy atom. The van der Waals surface area contributed by atoms with Gasteiger partial charge in [0.25, 0.3) is 5.91 Å². The topological polar surface area (TPSA) is 66.5 Å². The molecule has 0 aromatic heterocycles. The van der Waals surface area contributed by atoms with Crippen LogP contribution in [-0.2, 0) is 10.0 Å². The predicted molar refractivity (Wildman–Crippen MR) is 95.9 cm³/mol. The van der Waals surface area contributed by atoms with Crippen molar-refractivity contribution in [2.45, 2.75) is 18.7 Å². The van der Waals surface area contributed by atoms with Gasteiger partial charge in [-0.25, -0.2) is 17.2 Å².